The molecule has 54 heavy (non-hydrogen) atoms. The Bertz CT molecular complexity index is 2930. The molecule has 1 aliphatic rings. The number of aryl methyl sites for hydroxylation is 2. The molecule has 1 aliphatic carbocycles. The van der Waals surface area contributed by atoms with Gasteiger partial charge in [-0.25, -0.2) is 0 Å². The first-order chi connectivity index (χ1) is 26.3. The first kappa shape index (κ1) is 33.4. The van der Waals surface area contributed by atoms with Crippen LogP contribution in [0.4, 0.5) is 17.1 Å². The number of hydrogen-bond acceptors (Lipinski definition) is 1. The molecular weight excluding hydrogens is 720 g/mol. The lowest BCUT2D eigenvalue weighted by molar-refractivity contribution is 0.686. The lowest BCUT2D eigenvalue weighted by atomic mass is 9.84. The highest BCUT2D eigenvalue weighted by Crippen LogP contribution is 2.51. The molecule has 1 heterocycles. The average Bonchev–Trinajstić information content (AvgIpc) is 3.52. The molecule has 1 aromatic heterocycles. The maximum atomic E-state index is 4.04. The normalized spacial score (nSPS) is 13.4. The van der Waals surface area contributed by atoms with Gasteiger partial charge in [0, 0.05) is 32.0 Å². The molecule has 0 N–H and O–H groups in total. The molecule has 0 fully saturated rings. The Labute approximate surface area is 326 Å². The van der Waals surface area contributed by atoms with Gasteiger partial charge in [-0.05, 0) is 136 Å². The number of aromatic nitrogens is 1. The predicted molar refractivity (Wildman–Crippen MR) is 236 cm³/mol. The number of hydrogen-bond donors (Lipinski definition) is 0. The summed E-state index contributed by atoms with van der Waals surface area (Å²) >= 11 is 4.04. The summed E-state index contributed by atoms with van der Waals surface area (Å²) < 4.78 is 3.70. The molecule has 0 aliphatic heterocycles. The van der Waals surface area contributed by atoms with E-state index in [2.05, 4.69) is 181 Å². The van der Waals surface area contributed by atoms with E-state index >= 15 is 0 Å². The largest absolute Gasteiger partial charge is 0.307 e. The van der Waals surface area contributed by atoms with Crippen LogP contribution in [0.1, 0.15) is 80.2 Å². The second-order valence-corrected chi connectivity index (χ2v) is 16.9. The van der Waals surface area contributed by atoms with Crippen molar-refractivity contribution < 1.29 is 0 Å². The molecule has 8 aromatic carbocycles. The van der Waals surface area contributed by atoms with Gasteiger partial charge >= 0.3 is 0 Å². The minimum atomic E-state index is 0.335. The van der Waals surface area contributed by atoms with Gasteiger partial charge in [0.25, 0.3) is 0 Å². The van der Waals surface area contributed by atoms with Gasteiger partial charge in [0.2, 0.25) is 0 Å². The zero-order valence-electron chi connectivity index (χ0n) is 31.8. The molecule has 0 saturated carbocycles. The number of halogens is 1. The Kier molecular flexibility index (Phi) is 7.89. The minimum absolute atomic E-state index is 0.335. The van der Waals surface area contributed by atoms with Crippen molar-refractivity contribution >= 4 is 87.1 Å². The topological polar surface area (TPSA) is 8.17 Å². The molecule has 0 atom stereocenters. The number of anilines is 3. The van der Waals surface area contributed by atoms with E-state index in [-0.39, 0.29) is 0 Å². The number of fused-ring (bicyclic) bond motifs is 4. The summed E-state index contributed by atoms with van der Waals surface area (Å²) in [6.45, 7) is 11.6. The van der Waals surface area contributed by atoms with E-state index in [1.165, 1.54) is 122 Å². The maximum absolute atomic E-state index is 4.04. The Balaban J connectivity index is 1.41. The molecule has 3 heteroatoms. The number of rotatable bonds is 6. The van der Waals surface area contributed by atoms with Crippen LogP contribution in [0.2, 0.25) is 0 Å². The van der Waals surface area contributed by atoms with Gasteiger partial charge in [-0.2, -0.15) is 0 Å². The van der Waals surface area contributed by atoms with Gasteiger partial charge in [-0.15, -0.1) is 0 Å². The van der Waals surface area contributed by atoms with Crippen molar-refractivity contribution in [3.63, 3.8) is 0 Å². The highest BCUT2D eigenvalue weighted by molar-refractivity contribution is 9.10. The van der Waals surface area contributed by atoms with E-state index in [1.54, 1.807) is 0 Å². The van der Waals surface area contributed by atoms with Crippen LogP contribution in [-0.2, 0) is 12.8 Å². The third kappa shape index (κ3) is 4.90. The molecule has 266 valence electrons. The fourth-order valence-electron chi connectivity index (χ4n) is 9.73. The van der Waals surface area contributed by atoms with Crippen LogP contribution in [0.25, 0.3) is 59.8 Å². The molecule has 0 bridgehead atoms. The summed E-state index contributed by atoms with van der Waals surface area (Å²) in [7, 11) is 0. The van der Waals surface area contributed by atoms with Crippen LogP contribution < -0.4 is 4.90 Å². The Hall–Kier alpha value is -5.12. The van der Waals surface area contributed by atoms with E-state index in [1.807, 2.05) is 0 Å². The molecule has 0 amide bonds. The van der Waals surface area contributed by atoms with E-state index in [0.717, 1.165) is 12.8 Å². The molecule has 0 unspecified atom stereocenters. The zero-order chi connectivity index (χ0) is 36.8. The Morgan fingerprint density at radius 2 is 1.19 bits per heavy atom. The van der Waals surface area contributed by atoms with Crippen LogP contribution in [0, 0.1) is 6.92 Å². The molecule has 0 saturated heterocycles. The van der Waals surface area contributed by atoms with E-state index in [0.29, 0.717) is 11.8 Å². The van der Waals surface area contributed by atoms with Crippen molar-refractivity contribution in [1.29, 1.82) is 0 Å². The fourth-order valence-corrected chi connectivity index (χ4v) is 10.3. The zero-order valence-corrected chi connectivity index (χ0v) is 33.4. The van der Waals surface area contributed by atoms with Gasteiger partial charge in [-0.1, -0.05) is 129 Å². The maximum Gasteiger partial charge on any atom is 0.0782 e. The quantitative estimate of drug-likeness (QED) is 0.153. The van der Waals surface area contributed by atoms with Gasteiger partial charge in [0.05, 0.1) is 22.4 Å². The summed E-state index contributed by atoms with van der Waals surface area (Å²) in [6.07, 6.45) is 4.68. The summed E-state index contributed by atoms with van der Waals surface area (Å²) in [5, 5.41) is 10.6. The van der Waals surface area contributed by atoms with E-state index in [4.69, 9.17) is 0 Å². The van der Waals surface area contributed by atoms with Crippen LogP contribution in [-0.4, -0.2) is 4.57 Å². The third-order valence-corrected chi connectivity index (χ3v) is 12.9. The highest BCUT2D eigenvalue weighted by Gasteiger charge is 2.28. The second kappa shape index (κ2) is 12.7. The molecule has 2 nitrogen and oxygen atoms in total. The van der Waals surface area contributed by atoms with E-state index < -0.39 is 0 Å². The van der Waals surface area contributed by atoms with Gasteiger partial charge < -0.3 is 9.47 Å². The number of benzene rings is 8. The summed E-state index contributed by atoms with van der Waals surface area (Å²) in [5.41, 5.74) is 14.5. The molecular formula is C51H45BrN2. The van der Waals surface area contributed by atoms with Gasteiger partial charge in [0.1, 0.15) is 0 Å². The van der Waals surface area contributed by atoms with Crippen molar-refractivity contribution in [2.75, 3.05) is 4.90 Å². The smallest absolute Gasteiger partial charge is 0.0782 e. The van der Waals surface area contributed by atoms with Crippen LogP contribution >= 0.6 is 15.9 Å². The first-order valence-corrected chi connectivity index (χ1v) is 20.5. The van der Waals surface area contributed by atoms with Crippen molar-refractivity contribution in [2.24, 2.45) is 0 Å². The molecule has 0 spiro atoms. The van der Waals surface area contributed by atoms with E-state index in [9.17, 15) is 0 Å². The summed E-state index contributed by atoms with van der Waals surface area (Å²) in [4.78, 5) is 2.66. The lowest BCUT2D eigenvalue weighted by Crippen LogP contribution is -2.17. The average molecular weight is 766 g/mol. The first-order valence-electron chi connectivity index (χ1n) is 19.7. The van der Waals surface area contributed by atoms with Crippen LogP contribution in [0.3, 0.4) is 0 Å². The summed E-state index contributed by atoms with van der Waals surface area (Å²) in [5.74, 6) is 0.741. The van der Waals surface area contributed by atoms with Crippen LogP contribution in [0.15, 0.2) is 126 Å². The van der Waals surface area contributed by atoms with Crippen molar-refractivity contribution in [3.05, 3.63) is 154 Å². The number of nitrogens with zero attached hydrogens (tertiary/aromatic N) is 2. The van der Waals surface area contributed by atoms with Gasteiger partial charge in [-0.3, -0.25) is 0 Å². The van der Waals surface area contributed by atoms with Crippen molar-refractivity contribution in [1.82, 2.24) is 4.57 Å². The Morgan fingerprint density at radius 3 is 1.98 bits per heavy atom. The lowest BCUT2D eigenvalue weighted by Gasteiger charge is -2.33. The predicted octanol–water partition coefficient (Wildman–Crippen LogP) is 15.3. The monoisotopic (exact) mass is 764 g/mol. The van der Waals surface area contributed by atoms with Gasteiger partial charge in [0.15, 0.2) is 0 Å². The second-order valence-electron chi connectivity index (χ2n) is 16.1. The molecule has 10 rings (SSSR count). The summed E-state index contributed by atoms with van der Waals surface area (Å²) in [6, 6.07) is 46.3. The fraction of sp³-hybridized carbons (Fsp3) is 0.216. The third-order valence-electron chi connectivity index (χ3n) is 12.3. The number of para-hydroxylation sites is 3. The molecule has 9 aromatic rings. The van der Waals surface area contributed by atoms with Crippen molar-refractivity contribution in [3.8, 4) is 5.69 Å². The van der Waals surface area contributed by atoms with Crippen molar-refractivity contribution in [2.45, 2.75) is 72.1 Å². The minimum Gasteiger partial charge on any atom is -0.307 e. The SMILES string of the molecule is Cc1ccccc1-n1c2ccccc2c2cccc(N(c3cccc4c3CCCC4)c3cc(C(C)C)c4ccc5c(Br)cc(C(C)C)c6ccc3c4c56)c21. The Morgan fingerprint density at radius 1 is 0.556 bits per heavy atom. The standard InChI is InChI=1S/C51H45BrN2/c1-30(2)41-28-43(52)39-26-24-37-42(31(3)4)29-48(40-27-25-36(41)49(39)50(37)40)53(45-22-12-16-33-15-7-8-17-34(33)45)47-23-13-19-38-35-18-9-11-21-46(35)54(51(38)47)44-20-10-6-14-32(44)5/h6,9-14,16,18-31H,7-8,15,17H2,1-5H3. The molecule has 0 radical (unpaired) electrons. The highest BCUT2D eigenvalue weighted by atomic mass is 79.9. The van der Waals surface area contributed by atoms with Crippen LogP contribution in [0.5, 0.6) is 0 Å².